The lowest BCUT2D eigenvalue weighted by Crippen LogP contribution is -2.30. The second-order valence-corrected chi connectivity index (χ2v) is 20.2. The van der Waals surface area contributed by atoms with Gasteiger partial charge in [0.15, 0.2) is 6.10 Å². The average molecular weight is 1020 g/mol. The SMILES string of the molecule is CC/C=C\C/C=C\C/C=C\C/C=C\C/C=C\C/C=C\C/C=C\CCCCCC(=O)OCC(COC(=O)CCCCCCCCCCCCCC)OC(=O)CCCCCCCCC/C=C\CCCCCCCCC. The van der Waals surface area contributed by atoms with Crippen LogP contribution < -0.4 is 0 Å². The number of hydrogen-bond donors (Lipinski definition) is 0. The number of allylic oxidation sites excluding steroid dienone is 16. The monoisotopic (exact) mass is 1010 g/mol. The van der Waals surface area contributed by atoms with Gasteiger partial charge >= 0.3 is 17.9 Å². The summed E-state index contributed by atoms with van der Waals surface area (Å²) in [5.74, 6) is -0.919. The van der Waals surface area contributed by atoms with E-state index in [0.717, 1.165) is 109 Å². The van der Waals surface area contributed by atoms with Crippen LogP contribution in [0.25, 0.3) is 0 Å². The van der Waals surface area contributed by atoms with E-state index in [9.17, 15) is 14.4 Å². The summed E-state index contributed by atoms with van der Waals surface area (Å²) in [6, 6.07) is 0. The summed E-state index contributed by atoms with van der Waals surface area (Å²) in [6.07, 6.45) is 81.2. The summed E-state index contributed by atoms with van der Waals surface area (Å²) in [7, 11) is 0. The molecule has 0 amide bonds. The molecule has 0 fully saturated rings. The Morgan fingerprint density at radius 1 is 0.288 bits per heavy atom. The molecule has 0 aliphatic heterocycles. The van der Waals surface area contributed by atoms with Gasteiger partial charge in [-0.3, -0.25) is 14.4 Å². The maximum absolute atomic E-state index is 12.9. The Morgan fingerprint density at radius 3 is 0.863 bits per heavy atom. The molecular formula is C67H114O6. The van der Waals surface area contributed by atoms with Crippen molar-refractivity contribution in [2.45, 2.75) is 297 Å². The first-order valence-corrected chi connectivity index (χ1v) is 30.7. The lowest BCUT2D eigenvalue weighted by atomic mass is 10.0. The van der Waals surface area contributed by atoms with Crippen molar-refractivity contribution in [1.29, 1.82) is 0 Å². The van der Waals surface area contributed by atoms with Gasteiger partial charge in [0.1, 0.15) is 13.2 Å². The summed E-state index contributed by atoms with van der Waals surface area (Å²) in [5.41, 5.74) is 0. The van der Waals surface area contributed by atoms with Crippen LogP contribution in [0.1, 0.15) is 290 Å². The van der Waals surface area contributed by atoms with Crippen LogP contribution in [0.2, 0.25) is 0 Å². The summed E-state index contributed by atoms with van der Waals surface area (Å²) in [6.45, 7) is 6.51. The number of rotatable bonds is 55. The minimum absolute atomic E-state index is 0.0880. The Balaban J connectivity index is 4.40. The maximum atomic E-state index is 12.9. The quantitative estimate of drug-likeness (QED) is 0.0261. The number of ether oxygens (including phenoxy) is 3. The molecule has 6 heteroatoms. The van der Waals surface area contributed by atoms with Crippen molar-refractivity contribution in [3.05, 3.63) is 97.2 Å². The van der Waals surface area contributed by atoms with Gasteiger partial charge in [-0.15, -0.1) is 0 Å². The number of carbonyl (C=O) groups excluding carboxylic acids is 3. The summed E-state index contributed by atoms with van der Waals surface area (Å²) in [4.78, 5) is 38.2. The third-order valence-corrected chi connectivity index (χ3v) is 13.1. The average Bonchev–Trinajstić information content (AvgIpc) is 3.39. The van der Waals surface area contributed by atoms with E-state index >= 15 is 0 Å². The lowest BCUT2D eigenvalue weighted by molar-refractivity contribution is -0.167. The second kappa shape index (κ2) is 60.9. The predicted octanol–water partition coefficient (Wildman–Crippen LogP) is 20.9. The molecule has 0 aromatic carbocycles. The van der Waals surface area contributed by atoms with Crippen LogP contribution in [-0.2, 0) is 28.6 Å². The third kappa shape index (κ3) is 59.1. The second-order valence-electron chi connectivity index (χ2n) is 20.2. The van der Waals surface area contributed by atoms with Crippen molar-refractivity contribution in [3.8, 4) is 0 Å². The van der Waals surface area contributed by atoms with Crippen molar-refractivity contribution in [2.75, 3.05) is 13.2 Å². The van der Waals surface area contributed by atoms with E-state index < -0.39 is 6.10 Å². The minimum atomic E-state index is -0.793. The Bertz CT molecular complexity index is 1440. The molecule has 0 bridgehead atoms. The molecule has 418 valence electrons. The standard InChI is InChI=1S/C67H114O6/c1-4-7-10-13-16-19-22-25-27-29-31-32-33-34-35-36-37-39-40-42-45-48-51-54-57-60-66(69)72-63-64(62-71-65(68)59-56-53-50-47-44-24-21-18-15-12-9-6-3)73-67(70)61-58-55-52-49-46-43-41-38-30-28-26-23-20-17-14-11-8-5-2/h7,10,16,19,25,27-28,30-32,34-35,37,39,42,45,64H,4-6,8-9,11-15,17-18,20-24,26,29,33,36,38,40-41,43-44,46-63H2,1-3H3/b10-7-,19-16-,27-25-,30-28-,32-31-,35-34-,39-37-,45-42-. The van der Waals surface area contributed by atoms with Crippen LogP contribution in [0.3, 0.4) is 0 Å². The molecule has 73 heavy (non-hydrogen) atoms. The van der Waals surface area contributed by atoms with Crippen LogP contribution in [0.15, 0.2) is 97.2 Å². The third-order valence-electron chi connectivity index (χ3n) is 13.1. The van der Waals surface area contributed by atoms with Gasteiger partial charge in [-0.25, -0.2) is 0 Å². The number of unbranched alkanes of at least 4 members (excludes halogenated alkanes) is 28. The lowest BCUT2D eigenvalue weighted by Gasteiger charge is -2.18. The van der Waals surface area contributed by atoms with Crippen LogP contribution in [0.4, 0.5) is 0 Å². The van der Waals surface area contributed by atoms with E-state index in [2.05, 4.69) is 118 Å². The summed E-state index contributed by atoms with van der Waals surface area (Å²) >= 11 is 0. The first kappa shape index (κ1) is 69.3. The highest BCUT2D eigenvalue weighted by molar-refractivity contribution is 5.71. The van der Waals surface area contributed by atoms with Gasteiger partial charge in [-0.2, -0.15) is 0 Å². The summed E-state index contributed by atoms with van der Waals surface area (Å²) in [5, 5.41) is 0. The van der Waals surface area contributed by atoms with Gasteiger partial charge in [0.25, 0.3) is 0 Å². The normalized spacial score (nSPS) is 12.8. The van der Waals surface area contributed by atoms with Crippen LogP contribution in [-0.4, -0.2) is 37.2 Å². The molecule has 0 radical (unpaired) electrons. The highest BCUT2D eigenvalue weighted by Crippen LogP contribution is 2.15. The molecule has 0 aliphatic carbocycles. The molecule has 0 aliphatic rings. The zero-order valence-corrected chi connectivity index (χ0v) is 47.9. The first-order valence-electron chi connectivity index (χ1n) is 30.7. The molecule has 0 aromatic rings. The van der Waals surface area contributed by atoms with Gasteiger partial charge in [-0.1, -0.05) is 266 Å². The molecule has 0 spiro atoms. The van der Waals surface area contributed by atoms with E-state index in [1.54, 1.807) is 0 Å². The zero-order valence-electron chi connectivity index (χ0n) is 47.9. The van der Waals surface area contributed by atoms with Crippen molar-refractivity contribution < 1.29 is 28.6 Å². The van der Waals surface area contributed by atoms with Crippen molar-refractivity contribution in [3.63, 3.8) is 0 Å². The molecule has 0 rings (SSSR count). The van der Waals surface area contributed by atoms with Crippen molar-refractivity contribution in [1.82, 2.24) is 0 Å². The molecule has 0 saturated heterocycles. The molecule has 0 aromatic heterocycles. The highest BCUT2D eigenvalue weighted by Gasteiger charge is 2.19. The highest BCUT2D eigenvalue weighted by atomic mass is 16.6. The molecule has 0 heterocycles. The van der Waals surface area contributed by atoms with Gasteiger partial charge in [0.2, 0.25) is 0 Å². The van der Waals surface area contributed by atoms with Gasteiger partial charge in [0.05, 0.1) is 0 Å². The Kier molecular flexibility index (Phi) is 57.8. The van der Waals surface area contributed by atoms with E-state index in [0.29, 0.717) is 19.3 Å². The minimum Gasteiger partial charge on any atom is -0.462 e. The Hall–Kier alpha value is -3.67. The zero-order chi connectivity index (χ0) is 52.9. The fraction of sp³-hybridized carbons (Fsp3) is 0.716. The molecular weight excluding hydrogens is 901 g/mol. The van der Waals surface area contributed by atoms with Gasteiger partial charge < -0.3 is 14.2 Å². The topological polar surface area (TPSA) is 78.9 Å². The summed E-state index contributed by atoms with van der Waals surface area (Å²) < 4.78 is 16.9. The Labute approximate surface area is 451 Å². The van der Waals surface area contributed by atoms with Gasteiger partial charge in [0, 0.05) is 19.3 Å². The molecule has 6 nitrogen and oxygen atoms in total. The van der Waals surface area contributed by atoms with Crippen LogP contribution >= 0.6 is 0 Å². The number of carbonyl (C=O) groups is 3. The van der Waals surface area contributed by atoms with E-state index in [1.807, 2.05) is 0 Å². The fourth-order valence-electron chi connectivity index (χ4n) is 8.48. The maximum Gasteiger partial charge on any atom is 0.306 e. The molecule has 0 N–H and O–H groups in total. The Morgan fingerprint density at radius 2 is 0.534 bits per heavy atom. The predicted molar refractivity (Wildman–Crippen MR) is 316 cm³/mol. The smallest absolute Gasteiger partial charge is 0.306 e. The first-order chi connectivity index (χ1) is 36.0. The van der Waals surface area contributed by atoms with Crippen molar-refractivity contribution in [2.24, 2.45) is 0 Å². The molecule has 0 saturated carbocycles. The van der Waals surface area contributed by atoms with Crippen LogP contribution in [0, 0.1) is 0 Å². The number of esters is 3. The molecule has 1 atom stereocenters. The fourth-order valence-corrected chi connectivity index (χ4v) is 8.48. The molecule has 1 unspecified atom stereocenters. The van der Waals surface area contributed by atoms with Crippen LogP contribution in [0.5, 0.6) is 0 Å². The van der Waals surface area contributed by atoms with E-state index in [-0.39, 0.29) is 31.1 Å². The largest absolute Gasteiger partial charge is 0.462 e. The van der Waals surface area contributed by atoms with E-state index in [4.69, 9.17) is 14.2 Å². The van der Waals surface area contributed by atoms with Gasteiger partial charge in [-0.05, 0) is 103 Å². The van der Waals surface area contributed by atoms with Crippen molar-refractivity contribution >= 4 is 17.9 Å². The van der Waals surface area contributed by atoms with E-state index in [1.165, 1.54) is 141 Å². The number of hydrogen-bond acceptors (Lipinski definition) is 6.